The van der Waals surface area contributed by atoms with Crippen LogP contribution in [0.1, 0.15) is 25.0 Å². The normalized spacial score (nSPS) is 13.1. The molecule has 278 valence electrons. The third kappa shape index (κ3) is 5.13. The number of rotatable bonds is 5. The molecule has 0 spiro atoms. The summed E-state index contributed by atoms with van der Waals surface area (Å²) >= 11 is 0. The number of hydrogen-bond donors (Lipinski definition) is 0. The summed E-state index contributed by atoms with van der Waals surface area (Å²) < 4.78 is 6.56. The average molecular weight is 754 g/mol. The summed E-state index contributed by atoms with van der Waals surface area (Å²) in [6.07, 6.45) is 0. The highest BCUT2D eigenvalue weighted by atomic mass is 16.3. The molecule has 0 atom stereocenters. The molecule has 0 saturated carbocycles. The van der Waals surface area contributed by atoms with E-state index in [0.717, 1.165) is 50.0 Å². The van der Waals surface area contributed by atoms with Gasteiger partial charge in [0, 0.05) is 38.6 Å². The number of benzene rings is 10. The topological polar surface area (TPSA) is 16.4 Å². The van der Waals surface area contributed by atoms with E-state index in [0.29, 0.717) is 0 Å². The van der Waals surface area contributed by atoms with Crippen LogP contribution in [-0.4, -0.2) is 0 Å². The highest BCUT2D eigenvalue weighted by Gasteiger charge is 2.35. The predicted molar refractivity (Wildman–Crippen MR) is 249 cm³/mol. The second-order valence-electron chi connectivity index (χ2n) is 16.5. The molecule has 0 saturated heterocycles. The smallest absolute Gasteiger partial charge is 0.143 e. The van der Waals surface area contributed by atoms with E-state index in [1.807, 2.05) is 0 Å². The lowest BCUT2D eigenvalue weighted by Crippen LogP contribution is -2.16. The van der Waals surface area contributed by atoms with Crippen LogP contribution >= 0.6 is 0 Å². The van der Waals surface area contributed by atoms with Gasteiger partial charge in [0.05, 0.1) is 0 Å². The fourth-order valence-electron chi connectivity index (χ4n) is 9.95. The van der Waals surface area contributed by atoms with Crippen molar-refractivity contribution in [2.24, 2.45) is 0 Å². The molecule has 1 aliphatic rings. The maximum absolute atomic E-state index is 6.56. The van der Waals surface area contributed by atoms with Crippen molar-refractivity contribution in [2.75, 3.05) is 4.90 Å². The van der Waals surface area contributed by atoms with Gasteiger partial charge in [0.15, 0.2) is 0 Å². The van der Waals surface area contributed by atoms with Gasteiger partial charge in [0.25, 0.3) is 0 Å². The van der Waals surface area contributed by atoms with E-state index in [9.17, 15) is 0 Å². The van der Waals surface area contributed by atoms with Crippen LogP contribution in [0.5, 0.6) is 0 Å². The number of nitrogens with zero attached hydrogens (tertiary/aromatic N) is 1. The highest BCUT2D eigenvalue weighted by Crippen LogP contribution is 2.51. The van der Waals surface area contributed by atoms with Gasteiger partial charge in [-0.3, -0.25) is 0 Å². The molecule has 2 heteroatoms. The quantitative estimate of drug-likeness (QED) is 0.163. The Labute approximate surface area is 343 Å². The first-order valence-corrected chi connectivity index (χ1v) is 20.5. The minimum absolute atomic E-state index is 0.115. The fourth-order valence-corrected chi connectivity index (χ4v) is 9.95. The van der Waals surface area contributed by atoms with Crippen LogP contribution < -0.4 is 4.90 Å². The molecular weight excluding hydrogens is 715 g/mol. The maximum atomic E-state index is 6.56. The van der Waals surface area contributed by atoms with Crippen molar-refractivity contribution >= 4 is 71.3 Å². The first-order chi connectivity index (χ1) is 29.0. The zero-order chi connectivity index (χ0) is 39.2. The van der Waals surface area contributed by atoms with Gasteiger partial charge in [-0.15, -0.1) is 0 Å². The SMILES string of the molecule is CC1(C)c2ccccc2-c2ccc(N(c3ccc(-c4cc5ccccc5c5ccccc45)cc3)c3ccc(-c4cccc5oc6c7ccccc7ccc6c45)cc3)cc21. The van der Waals surface area contributed by atoms with Crippen molar-refractivity contribution in [2.45, 2.75) is 19.3 Å². The molecule has 59 heavy (non-hydrogen) atoms. The van der Waals surface area contributed by atoms with Crippen LogP contribution in [0.3, 0.4) is 0 Å². The summed E-state index contributed by atoms with van der Waals surface area (Å²) in [7, 11) is 0. The highest BCUT2D eigenvalue weighted by molar-refractivity contribution is 6.19. The van der Waals surface area contributed by atoms with E-state index < -0.39 is 0 Å². The lowest BCUT2D eigenvalue weighted by atomic mass is 9.82. The largest absolute Gasteiger partial charge is 0.455 e. The van der Waals surface area contributed by atoms with E-state index in [-0.39, 0.29) is 5.41 Å². The first-order valence-electron chi connectivity index (χ1n) is 20.5. The Hall–Kier alpha value is -7.42. The molecule has 10 aromatic carbocycles. The molecule has 1 heterocycles. The summed E-state index contributed by atoms with van der Waals surface area (Å²) in [5, 5.41) is 9.69. The summed E-state index contributed by atoms with van der Waals surface area (Å²) in [5.41, 5.74) is 15.2. The second kappa shape index (κ2) is 12.8. The summed E-state index contributed by atoms with van der Waals surface area (Å²) in [6, 6.07) is 73.2. The number of furan rings is 1. The third-order valence-electron chi connectivity index (χ3n) is 12.9. The summed E-state index contributed by atoms with van der Waals surface area (Å²) in [4.78, 5) is 2.41. The van der Waals surface area contributed by atoms with Crippen molar-refractivity contribution in [3.05, 3.63) is 211 Å². The molecule has 11 aromatic rings. The summed E-state index contributed by atoms with van der Waals surface area (Å²) in [6.45, 7) is 4.71. The fraction of sp³-hybridized carbons (Fsp3) is 0.0526. The standard InChI is InChI=1S/C57H39NO/c1-57(2)52-20-10-9-18-48(52)49-33-31-42(35-53(49)57)58(41-29-24-38(25-30-41)51-34-39-13-4-5-14-43(39)46-16-7-8-17-47(46)51)40-27-22-37(23-28-40)44-19-11-21-54-55(44)50-32-26-36-12-3-6-15-45(36)56(50)59-54/h3-35H,1-2H3. The number of fused-ring (bicyclic) bond motifs is 11. The van der Waals surface area contributed by atoms with Crippen molar-refractivity contribution in [3.8, 4) is 33.4 Å². The Morgan fingerprint density at radius 1 is 0.373 bits per heavy atom. The average Bonchev–Trinajstić information content (AvgIpc) is 3.79. The molecule has 0 bridgehead atoms. The second-order valence-corrected chi connectivity index (χ2v) is 16.5. The molecule has 1 aliphatic carbocycles. The Morgan fingerprint density at radius 3 is 1.75 bits per heavy atom. The summed E-state index contributed by atoms with van der Waals surface area (Å²) in [5.74, 6) is 0. The van der Waals surface area contributed by atoms with Gasteiger partial charge >= 0.3 is 0 Å². The molecule has 0 fully saturated rings. The molecule has 0 aliphatic heterocycles. The van der Waals surface area contributed by atoms with Crippen LogP contribution in [0.25, 0.3) is 87.6 Å². The van der Waals surface area contributed by atoms with Crippen LogP contribution in [0.15, 0.2) is 205 Å². The Morgan fingerprint density at radius 2 is 0.966 bits per heavy atom. The van der Waals surface area contributed by atoms with Gasteiger partial charge in [-0.1, -0.05) is 159 Å². The van der Waals surface area contributed by atoms with Crippen LogP contribution in [0.4, 0.5) is 17.1 Å². The van der Waals surface area contributed by atoms with E-state index in [1.54, 1.807) is 0 Å². The molecule has 1 aromatic heterocycles. The number of hydrogen-bond acceptors (Lipinski definition) is 2. The molecule has 2 nitrogen and oxygen atoms in total. The Balaban J connectivity index is 0.995. The molecular formula is C57H39NO. The molecule has 12 rings (SSSR count). The van der Waals surface area contributed by atoms with Gasteiger partial charge in [-0.05, 0) is 126 Å². The van der Waals surface area contributed by atoms with Gasteiger partial charge in [0.1, 0.15) is 11.2 Å². The van der Waals surface area contributed by atoms with E-state index in [4.69, 9.17) is 4.42 Å². The lowest BCUT2D eigenvalue weighted by Gasteiger charge is -2.28. The van der Waals surface area contributed by atoms with Crippen molar-refractivity contribution in [1.82, 2.24) is 0 Å². The first kappa shape index (κ1) is 33.7. The van der Waals surface area contributed by atoms with Gasteiger partial charge in [-0.2, -0.15) is 0 Å². The zero-order valence-electron chi connectivity index (χ0n) is 32.9. The van der Waals surface area contributed by atoms with Crippen molar-refractivity contribution < 1.29 is 4.42 Å². The van der Waals surface area contributed by atoms with Gasteiger partial charge < -0.3 is 9.32 Å². The molecule has 0 N–H and O–H groups in total. The van der Waals surface area contributed by atoms with Crippen LogP contribution in [0.2, 0.25) is 0 Å². The number of anilines is 3. The zero-order valence-corrected chi connectivity index (χ0v) is 32.9. The van der Waals surface area contributed by atoms with E-state index in [2.05, 4.69) is 219 Å². The van der Waals surface area contributed by atoms with E-state index >= 15 is 0 Å². The van der Waals surface area contributed by atoms with Crippen LogP contribution in [0, 0.1) is 0 Å². The maximum Gasteiger partial charge on any atom is 0.143 e. The molecule has 0 radical (unpaired) electrons. The lowest BCUT2D eigenvalue weighted by molar-refractivity contribution is 0.660. The van der Waals surface area contributed by atoms with Gasteiger partial charge in [-0.25, -0.2) is 0 Å². The third-order valence-corrected chi connectivity index (χ3v) is 12.9. The predicted octanol–water partition coefficient (Wildman–Crippen LogP) is 16.2. The molecule has 0 amide bonds. The molecule has 0 unspecified atom stereocenters. The van der Waals surface area contributed by atoms with E-state index in [1.165, 1.54) is 65.9 Å². The van der Waals surface area contributed by atoms with Gasteiger partial charge in [0.2, 0.25) is 0 Å². The minimum atomic E-state index is -0.115. The van der Waals surface area contributed by atoms with Crippen molar-refractivity contribution in [3.63, 3.8) is 0 Å². The monoisotopic (exact) mass is 753 g/mol. The Kier molecular flexibility index (Phi) is 7.31. The van der Waals surface area contributed by atoms with Crippen molar-refractivity contribution in [1.29, 1.82) is 0 Å². The van der Waals surface area contributed by atoms with Crippen LogP contribution in [-0.2, 0) is 5.41 Å². The minimum Gasteiger partial charge on any atom is -0.455 e. The Bertz CT molecular complexity index is 3460.